The molecule has 1 aromatic heterocycles. The zero-order chi connectivity index (χ0) is 16.7. The van der Waals surface area contributed by atoms with Crippen molar-refractivity contribution in [3.8, 4) is 0 Å². The Bertz CT molecular complexity index is 702. The third kappa shape index (κ3) is 4.57. The summed E-state index contributed by atoms with van der Waals surface area (Å²) in [5, 5.41) is 12.7. The molecule has 0 aliphatic rings. The average molecular weight is 315 g/mol. The van der Waals surface area contributed by atoms with Crippen LogP contribution in [0.25, 0.3) is 10.8 Å². The van der Waals surface area contributed by atoms with Crippen LogP contribution in [0.3, 0.4) is 0 Å². The summed E-state index contributed by atoms with van der Waals surface area (Å²) in [7, 11) is 0. The van der Waals surface area contributed by atoms with Gasteiger partial charge in [0, 0.05) is 31.2 Å². The van der Waals surface area contributed by atoms with Crippen LogP contribution in [0.1, 0.15) is 19.4 Å². The SMILES string of the molecule is CCNC(=O)NCc1cccc2cc(NC(=O)NCC)ncc12. The standard InChI is InChI=1S/C16H21N5O2/c1-3-17-15(22)20-9-12-7-5-6-11-8-14(19-10-13(11)12)21-16(23)18-4-2/h5-8,10H,3-4,9H2,1-2H3,(H2,17,20,22)(H2,18,19,21,23). The molecule has 4 amide bonds. The van der Waals surface area contributed by atoms with Crippen LogP contribution in [0.15, 0.2) is 30.5 Å². The minimum absolute atomic E-state index is 0.202. The highest BCUT2D eigenvalue weighted by Gasteiger charge is 2.06. The molecule has 0 saturated carbocycles. The molecule has 0 saturated heterocycles. The average Bonchev–Trinajstić information content (AvgIpc) is 2.53. The molecule has 0 bridgehead atoms. The van der Waals surface area contributed by atoms with E-state index in [1.54, 1.807) is 12.3 Å². The molecule has 0 aliphatic heterocycles. The number of fused-ring (bicyclic) bond motifs is 1. The molecule has 0 atom stereocenters. The summed E-state index contributed by atoms with van der Waals surface area (Å²) < 4.78 is 0. The predicted octanol–water partition coefficient (Wildman–Crippen LogP) is 2.20. The van der Waals surface area contributed by atoms with Crippen molar-refractivity contribution in [1.82, 2.24) is 20.9 Å². The van der Waals surface area contributed by atoms with Crippen molar-refractivity contribution >= 4 is 28.7 Å². The lowest BCUT2D eigenvalue weighted by Crippen LogP contribution is -2.34. The van der Waals surface area contributed by atoms with Crippen LogP contribution in [0.5, 0.6) is 0 Å². The fourth-order valence-electron chi connectivity index (χ4n) is 2.18. The number of benzene rings is 1. The van der Waals surface area contributed by atoms with Crippen LogP contribution >= 0.6 is 0 Å². The van der Waals surface area contributed by atoms with E-state index >= 15 is 0 Å². The van der Waals surface area contributed by atoms with Gasteiger partial charge in [-0.05, 0) is 30.9 Å². The zero-order valence-corrected chi connectivity index (χ0v) is 13.3. The first kappa shape index (κ1) is 16.5. The third-order valence-electron chi connectivity index (χ3n) is 3.21. The maximum Gasteiger partial charge on any atom is 0.320 e. The Morgan fingerprint density at radius 1 is 1.04 bits per heavy atom. The second-order valence-electron chi connectivity index (χ2n) is 4.91. The Kier molecular flexibility index (Phi) is 5.74. The molecule has 0 aliphatic carbocycles. The van der Waals surface area contributed by atoms with Crippen LogP contribution in [-0.2, 0) is 6.54 Å². The molecule has 0 spiro atoms. The van der Waals surface area contributed by atoms with Crippen molar-refractivity contribution in [2.24, 2.45) is 0 Å². The van der Waals surface area contributed by atoms with Gasteiger partial charge >= 0.3 is 12.1 Å². The van der Waals surface area contributed by atoms with Crippen molar-refractivity contribution < 1.29 is 9.59 Å². The second kappa shape index (κ2) is 7.98. The zero-order valence-electron chi connectivity index (χ0n) is 13.3. The first-order chi connectivity index (χ1) is 11.1. The smallest absolute Gasteiger partial charge is 0.320 e. The van der Waals surface area contributed by atoms with Gasteiger partial charge in [-0.1, -0.05) is 18.2 Å². The number of nitrogens with zero attached hydrogens (tertiary/aromatic N) is 1. The summed E-state index contributed by atoms with van der Waals surface area (Å²) in [6.45, 7) is 5.26. The van der Waals surface area contributed by atoms with Crippen LogP contribution in [0, 0.1) is 0 Å². The Morgan fingerprint density at radius 2 is 1.78 bits per heavy atom. The Balaban J connectivity index is 2.15. The molecule has 4 N–H and O–H groups in total. The summed E-state index contributed by atoms with van der Waals surface area (Å²) in [4.78, 5) is 27.3. The highest BCUT2D eigenvalue weighted by atomic mass is 16.2. The summed E-state index contributed by atoms with van der Waals surface area (Å²) in [5.74, 6) is 0.484. The molecule has 1 heterocycles. The van der Waals surface area contributed by atoms with Gasteiger partial charge in [0.1, 0.15) is 5.82 Å². The number of aromatic nitrogens is 1. The minimum Gasteiger partial charge on any atom is -0.338 e. The Morgan fingerprint density at radius 3 is 2.52 bits per heavy atom. The van der Waals surface area contributed by atoms with E-state index in [1.165, 1.54) is 0 Å². The fraction of sp³-hybridized carbons (Fsp3) is 0.312. The monoisotopic (exact) mass is 315 g/mol. The molecule has 2 rings (SSSR count). The van der Waals surface area contributed by atoms with E-state index in [-0.39, 0.29) is 12.1 Å². The lowest BCUT2D eigenvalue weighted by molar-refractivity contribution is 0.241. The van der Waals surface area contributed by atoms with Crippen LogP contribution in [0.2, 0.25) is 0 Å². The van der Waals surface area contributed by atoms with E-state index in [0.717, 1.165) is 16.3 Å². The van der Waals surface area contributed by atoms with Gasteiger partial charge in [-0.15, -0.1) is 0 Å². The molecule has 0 unspecified atom stereocenters. The number of hydrogen-bond donors (Lipinski definition) is 4. The molecule has 1 aromatic carbocycles. The minimum atomic E-state index is -0.284. The molecule has 7 nitrogen and oxygen atoms in total. The van der Waals surface area contributed by atoms with Crippen molar-refractivity contribution in [3.05, 3.63) is 36.0 Å². The summed E-state index contributed by atoms with van der Waals surface area (Å²) in [6, 6.07) is 7.11. The number of amides is 4. The number of rotatable bonds is 5. The van der Waals surface area contributed by atoms with Gasteiger partial charge in [0.05, 0.1) is 0 Å². The van der Waals surface area contributed by atoms with E-state index in [0.29, 0.717) is 25.5 Å². The van der Waals surface area contributed by atoms with Gasteiger partial charge in [-0.3, -0.25) is 5.32 Å². The van der Waals surface area contributed by atoms with Crippen molar-refractivity contribution in [3.63, 3.8) is 0 Å². The lowest BCUT2D eigenvalue weighted by Gasteiger charge is -2.10. The first-order valence-electron chi connectivity index (χ1n) is 7.58. The van der Waals surface area contributed by atoms with E-state index in [9.17, 15) is 9.59 Å². The Hall–Kier alpha value is -2.83. The normalized spacial score (nSPS) is 10.2. The quantitative estimate of drug-likeness (QED) is 0.681. The van der Waals surface area contributed by atoms with E-state index in [1.807, 2.05) is 32.0 Å². The van der Waals surface area contributed by atoms with E-state index < -0.39 is 0 Å². The molecule has 0 radical (unpaired) electrons. The number of carbonyl (C=O) groups excluding carboxylic acids is 2. The summed E-state index contributed by atoms with van der Waals surface area (Å²) in [6.07, 6.45) is 1.70. The molecular formula is C16H21N5O2. The summed E-state index contributed by atoms with van der Waals surface area (Å²) in [5.41, 5.74) is 0.964. The molecular weight excluding hydrogens is 294 g/mol. The number of anilines is 1. The maximum atomic E-state index is 11.5. The van der Waals surface area contributed by atoms with Crippen LogP contribution < -0.4 is 21.3 Å². The van der Waals surface area contributed by atoms with Gasteiger partial charge < -0.3 is 16.0 Å². The van der Waals surface area contributed by atoms with Gasteiger partial charge in [-0.25, -0.2) is 14.6 Å². The third-order valence-corrected chi connectivity index (χ3v) is 3.21. The fourth-order valence-corrected chi connectivity index (χ4v) is 2.18. The van der Waals surface area contributed by atoms with Crippen molar-refractivity contribution in [2.75, 3.05) is 18.4 Å². The number of pyridine rings is 1. The van der Waals surface area contributed by atoms with Crippen molar-refractivity contribution in [1.29, 1.82) is 0 Å². The maximum absolute atomic E-state index is 11.5. The van der Waals surface area contributed by atoms with Gasteiger partial charge in [0.15, 0.2) is 0 Å². The molecule has 122 valence electrons. The summed E-state index contributed by atoms with van der Waals surface area (Å²) >= 11 is 0. The topological polar surface area (TPSA) is 95.2 Å². The largest absolute Gasteiger partial charge is 0.338 e. The van der Waals surface area contributed by atoms with Crippen LogP contribution in [-0.4, -0.2) is 30.1 Å². The van der Waals surface area contributed by atoms with E-state index in [2.05, 4.69) is 26.3 Å². The molecule has 7 heteroatoms. The first-order valence-corrected chi connectivity index (χ1v) is 7.58. The number of carbonyl (C=O) groups is 2. The molecule has 2 aromatic rings. The van der Waals surface area contributed by atoms with Gasteiger partial charge in [0.2, 0.25) is 0 Å². The van der Waals surface area contributed by atoms with Crippen LogP contribution in [0.4, 0.5) is 15.4 Å². The van der Waals surface area contributed by atoms with Gasteiger partial charge in [-0.2, -0.15) is 0 Å². The lowest BCUT2D eigenvalue weighted by atomic mass is 10.1. The van der Waals surface area contributed by atoms with Gasteiger partial charge in [0.25, 0.3) is 0 Å². The number of urea groups is 2. The molecule has 23 heavy (non-hydrogen) atoms. The highest BCUT2D eigenvalue weighted by molar-refractivity contribution is 5.92. The van der Waals surface area contributed by atoms with E-state index in [4.69, 9.17) is 0 Å². The number of hydrogen-bond acceptors (Lipinski definition) is 3. The molecule has 0 fully saturated rings. The Labute approximate surface area is 134 Å². The second-order valence-corrected chi connectivity index (χ2v) is 4.91. The van der Waals surface area contributed by atoms with Crippen molar-refractivity contribution in [2.45, 2.75) is 20.4 Å². The highest BCUT2D eigenvalue weighted by Crippen LogP contribution is 2.20. The number of nitrogens with one attached hydrogen (secondary N) is 4. The predicted molar refractivity (Wildman–Crippen MR) is 90.4 cm³/mol.